The smallest absolute Gasteiger partial charge is 0.325 e. The highest BCUT2D eigenvalue weighted by molar-refractivity contribution is 6.06. The third-order valence-corrected chi connectivity index (χ3v) is 3.63. The van der Waals surface area contributed by atoms with Crippen LogP contribution in [-0.4, -0.2) is 53.3 Å². The average Bonchev–Trinajstić information content (AvgIpc) is 2.63. The molecule has 1 N–H and O–H groups in total. The van der Waals surface area contributed by atoms with E-state index in [9.17, 15) is 14.4 Å². The summed E-state index contributed by atoms with van der Waals surface area (Å²) in [4.78, 5) is 39.7. The molecule has 0 bridgehead atoms. The number of nitrogens with zero attached hydrogens (tertiary/aromatic N) is 2. The van der Waals surface area contributed by atoms with Crippen molar-refractivity contribution in [2.24, 2.45) is 17.8 Å². The first kappa shape index (κ1) is 19.5. The van der Waals surface area contributed by atoms with E-state index in [0.29, 0.717) is 37.3 Å². The summed E-state index contributed by atoms with van der Waals surface area (Å²) in [6.07, 6.45) is 0.594. The highest BCUT2D eigenvalue weighted by Crippen LogP contribution is 2.15. The van der Waals surface area contributed by atoms with Crippen molar-refractivity contribution in [1.82, 2.24) is 15.1 Å². The molecule has 1 saturated heterocycles. The van der Waals surface area contributed by atoms with Crippen LogP contribution in [0.2, 0.25) is 0 Å². The number of carbonyl (C=O) groups is 3. The van der Waals surface area contributed by atoms with E-state index < -0.39 is 12.1 Å². The Kier molecular flexibility index (Phi) is 7.03. The minimum absolute atomic E-state index is 0.166. The van der Waals surface area contributed by atoms with Gasteiger partial charge in [0.2, 0.25) is 5.91 Å². The van der Waals surface area contributed by atoms with Crippen molar-refractivity contribution < 1.29 is 14.4 Å². The Morgan fingerprint density at radius 1 is 1.04 bits per heavy atom. The molecule has 1 fully saturated rings. The molecule has 6 heteroatoms. The van der Waals surface area contributed by atoms with Crippen molar-refractivity contribution in [2.75, 3.05) is 19.6 Å². The molecule has 1 aliphatic rings. The first-order valence-corrected chi connectivity index (χ1v) is 8.51. The van der Waals surface area contributed by atoms with Gasteiger partial charge in [-0.25, -0.2) is 4.79 Å². The highest BCUT2D eigenvalue weighted by Gasteiger charge is 2.39. The van der Waals surface area contributed by atoms with E-state index in [0.717, 1.165) is 4.90 Å². The van der Waals surface area contributed by atoms with Crippen molar-refractivity contribution in [3.8, 4) is 0 Å². The van der Waals surface area contributed by atoms with Crippen molar-refractivity contribution in [2.45, 2.75) is 54.0 Å². The van der Waals surface area contributed by atoms with Gasteiger partial charge >= 0.3 is 6.03 Å². The van der Waals surface area contributed by atoms with Crippen LogP contribution in [0.15, 0.2) is 0 Å². The van der Waals surface area contributed by atoms with Crippen LogP contribution in [-0.2, 0) is 9.59 Å². The second-order valence-corrected chi connectivity index (χ2v) is 7.64. The molecule has 0 radical (unpaired) electrons. The zero-order chi connectivity index (χ0) is 17.7. The van der Waals surface area contributed by atoms with E-state index in [1.54, 1.807) is 4.90 Å². The maximum atomic E-state index is 12.5. The Labute approximate surface area is 139 Å². The molecule has 1 unspecified atom stereocenters. The van der Waals surface area contributed by atoms with Gasteiger partial charge < -0.3 is 10.2 Å². The predicted molar refractivity (Wildman–Crippen MR) is 89.7 cm³/mol. The van der Waals surface area contributed by atoms with E-state index in [1.165, 1.54) is 0 Å². The SMILES string of the molecule is CC(C)CC1NC(=O)N(CC(=O)N(CC(C)C)CC(C)C)C1=O. The monoisotopic (exact) mass is 325 g/mol. The molecule has 0 aromatic heterocycles. The number of hydrogen-bond acceptors (Lipinski definition) is 3. The number of carbonyl (C=O) groups excluding carboxylic acids is 3. The zero-order valence-electron chi connectivity index (χ0n) is 15.3. The van der Waals surface area contributed by atoms with E-state index >= 15 is 0 Å². The summed E-state index contributed by atoms with van der Waals surface area (Å²) in [5.41, 5.74) is 0. The van der Waals surface area contributed by atoms with E-state index in [4.69, 9.17) is 0 Å². The maximum Gasteiger partial charge on any atom is 0.325 e. The number of nitrogens with one attached hydrogen (secondary N) is 1. The normalized spacial score (nSPS) is 18.3. The lowest BCUT2D eigenvalue weighted by Crippen LogP contribution is -2.45. The lowest BCUT2D eigenvalue weighted by Gasteiger charge is -2.27. The van der Waals surface area contributed by atoms with Gasteiger partial charge in [0.05, 0.1) is 0 Å². The van der Waals surface area contributed by atoms with Gasteiger partial charge in [-0.2, -0.15) is 0 Å². The Balaban J connectivity index is 2.73. The molecule has 132 valence electrons. The largest absolute Gasteiger partial charge is 0.341 e. The van der Waals surface area contributed by atoms with Gasteiger partial charge in [0.25, 0.3) is 5.91 Å². The van der Waals surface area contributed by atoms with Crippen molar-refractivity contribution >= 4 is 17.8 Å². The molecular weight excluding hydrogens is 294 g/mol. The predicted octanol–water partition coefficient (Wildman–Crippen LogP) is 2.09. The summed E-state index contributed by atoms with van der Waals surface area (Å²) < 4.78 is 0. The number of urea groups is 1. The van der Waals surface area contributed by atoms with Crippen molar-refractivity contribution in [1.29, 1.82) is 0 Å². The Morgan fingerprint density at radius 3 is 2.00 bits per heavy atom. The molecule has 4 amide bonds. The first-order chi connectivity index (χ1) is 10.6. The Morgan fingerprint density at radius 2 is 1.57 bits per heavy atom. The first-order valence-electron chi connectivity index (χ1n) is 8.51. The van der Waals surface area contributed by atoms with Crippen LogP contribution in [0.3, 0.4) is 0 Å². The fourth-order valence-electron chi connectivity index (χ4n) is 2.75. The Bertz CT molecular complexity index is 436. The van der Waals surface area contributed by atoms with Gasteiger partial charge in [0.15, 0.2) is 0 Å². The fourth-order valence-corrected chi connectivity index (χ4v) is 2.75. The molecule has 0 aromatic carbocycles. The number of rotatable bonds is 8. The number of amides is 4. The van der Waals surface area contributed by atoms with Gasteiger partial charge in [-0.15, -0.1) is 0 Å². The third-order valence-electron chi connectivity index (χ3n) is 3.63. The van der Waals surface area contributed by atoms with Crippen LogP contribution in [0.25, 0.3) is 0 Å². The number of imide groups is 1. The Hall–Kier alpha value is -1.59. The van der Waals surface area contributed by atoms with Gasteiger partial charge in [-0.1, -0.05) is 41.5 Å². The maximum absolute atomic E-state index is 12.5. The quantitative estimate of drug-likeness (QED) is 0.695. The summed E-state index contributed by atoms with van der Waals surface area (Å²) in [5.74, 6) is 0.537. The van der Waals surface area contributed by atoms with Crippen LogP contribution in [0.1, 0.15) is 48.0 Å². The summed E-state index contributed by atoms with van der Waals surface area (Å²) in [7, 11) is 0. The summed E-state index contributed by atoms with van der Waals surface area (Å²) >= 11 is 0. The van der Waals surface area contributed by atoms with Crippen LogP contribution >= 0.6 is 0 Å². The molecule has 6 nitrogen and oxygen atoms in total. The van der Waals surface area contributed by atoms with Crippen LogP contribution in [0, 0.1) is 17.8 Å². The lowest BCUT2D eigenvalue weighted by atomic mass is 10.0. The van der Waals surface area contributed by atoms with Gasteiger partial charge in [-0.3, -0.25) is 14.5 Å². The zero-order valence-corrected chi connectivity index (χ0v) is 15.3. The summed E-state index contributed by atoms with van der Waals surface area (Å²) in [5, 5.41) is 2.68. The minimum Gasteiger partial charge on any atom is -0.341 e. The summed E-state index contributed by atoms with van der Waals surface area (Å²) in [6, 6.07) is -0.956. The number of hydrogen-bond donors (Lipinski definition) is 1. The molecule has 1 atom stereocenters. The second kappa shape index (κ2) is 8.31. The van der Waals surface area contributed by atoms with Gasteiger partial charge in [0, 0.05) is 13.1 Å². The molecule has 1 aliphatic heterocycles. The van der Waals surface area contributed by atoms with E-state index in [2.05, 4.69) is 5.32 Å². The molecule has 0 saturated carbocycles. The molecule has 0 aromatic rings. The molecule has 23 heavy (non-hydrogen) atoms. The van der Waals surface area contributed by atoms with E-state index in [1.807, 2.05) is 41.5 Å². The van der Waals surface area contributed by atoms with E-state index in [-0.39, 0.29) is 18.4 Å². The average molecular weight is 325 g/mol. The van der Waals surface area contributed by atoms with Crippen molar-refractivity contribution in [3.05, 3.63) is 0 Å². The van der Waals surface area contributed by atoms with Crippen LogP contribution < -0.4 is 5.32 Å². The highest BCUT2D eigenvalue weighted by atomic mass is 16.2. The second-order valence-electron chi connectivity index (χ2n) is 7.64. The third kappa shape index (κ3) is 5.84. The fraction of sp³-hybridized carbons (Fsp3) is 0.824. The molecule has 1 heterocycles. The summed E-state index contributed by atoms with van der Waals surface area (Å²) in [6.45, 7) is 13.3. The minimum atomic E-state index is -0.501. The molecule has 0 aliphatic carbocycles. The van der Waals surface area contributed by atoms with Crippen molar-refractivity contribution in [3.63, 3.8) is 0 Å². The van der Waals surface area contributed by atoms with Crippen LogP contribution in [0.4, 0.5) is 4.79 Å². The molecule has 1 rings (SSSR count). The lowest BCUT2D eigenvalue weighted by molar-refractivity contribution is -0.138. The topological polar surface area (TPSA) is 69.7 Å². The standard InChI is InChI=1S/C17H31N3O3/c1-11(2)7-14-16(22)20(17(23)18-14)10-15(21)19(8-12(3)4)9-13(5)6/h11-14H,7-10H2,1-6H3,(H,18,23). The molecule has 0 spiro atoms. The van der Waals surface area contributed by atoms with Gasteiger partial charge in [-0.05, 0) is 24.2 Å². The molecular formula is C17H31N3O3. The van der Waals surface area contributed by atoms with Gasteiger partial charge in [0.1, 0.15) is 12.6 Å². The van der Waals surface area contributed by atoms with Crippen LogP contribution in [0.5, 0.6) is 0 Å².